The molecule has 1 N–H and O–H groups in total. The van der Waals surface area contributed by atoms with Crippen LogP contribution in [0.1, 0.15) is 149 Å². The Hall–Kier alpha value is -2.66. The van der Waals surface area contributed by atoms with Crippen LogP contribution in [-0.2, 0) is 19.1 Å². The molecule has 0 aromatic carbocycles. The van der Waals surface area contributed by atoms with Gasteiger partial charge in [-0.3, -0.25) is 9.59 Å². The fourth-order valence-electron chi connectivity index (χ4n) is 4.58. The van der Waals surface area contributed by atoms with Crippen molar-refractivity contribution in [3.63, 3.8) is 0 Å². The zero-order chi connectivity index (χ0) is 32.9. The van der Waals surface area contributed by atoms with Gasteiger partial charge in [0, 0.05) is 12.8 Å². The zero-order valence-corrected chi connectivity index (χ0v) is 28.8. The fourth-order valence-corrected chi connectivity index (χ4v) is 4.58. The maximum atomic E-state index is 12.1. The van der Waals surface area contributed by atoms with Crippen molar-refractivity contribution in [1.29, 1.82) is 0 Å². The van der Waals surface area contributed by atoms with Gasteiger partial charge in [-0.25, -0.2) is 0 Å². The predicted octanol–water partition coefficient (Wildman–Crippen LogP) is 11.0. The summed E-state index contributed by atoms with van der Waals surface area (Å²) in [7, 11) is 0. The number of rotatable bonds is 31. The topological polar surface area (TPSA) is 72.8 Å². The van der Waals surface area contributed by atoms with Crippen molar-refractivity contribution in [1.82, 2.24) is 0 Å². The predicted molar refractivity (Wildman–Crippen MR) is 191 cm³/mol. The molecule has 0 fully saturated rings. The molecule has 0 aliphatic heterocycles. The highest BCUT2D eigenvalue weighted by Gasteiger charge is 2.15. The van der Waals surface area contributed by atoms with E-state index in [2.05, 4.69) is 74.6 Å². The molecule has 0 rings (SSSR count). The molecule has 0 saturated heterocycles. The first-order valence-corrected chi connectivity index (χ1v) is 18.0. The van der Waals surface area contributed by atoms with Gasteiger partial charge < -0.3 is 14.6 Å². The molecule has 256 valence electrons. The molecular formula is C40H66O5. The highest BCUT2D eigenvalue weighted by atomic mass is 16.6. The number of carbonyl (C=O) groups excluding carboxylic acids is 2. The maximum absolute atomic E-state index is 12.1. The summed E-state index contributed by atoms with van der Waals surface area (Å²) in [6.45, 7) is 3.93. The van der Waals surface area contributed by atoms with Crippen LogP contribution in [-0.4, -0.2) is 36.4 Å². The number of hydrogen-bond donors (Lipinski definition) is 1. The fraction of sp³-hybridized carbons (Fsp3) is 0.650. The molecule has 45 heavy (non-hydrogen) atoms. The first-order valence-electron chi connectivity index (χ1n) is 18.0. The van der Waals surface area contributed by atoms with Crippen molar-refractivity contribution in [3.05, 3.63) is 72.9 Å². The Morgan fingerprint density at radius 2 is 0.956 bits per heavy atom. The Balaban J connectivity index is 3.75. The summed E-state index contributed by atoms with van der Waals surface area (Å²) < 4.78 is 10.5. The van der Waals surface area contributed by atoms with Crippen LogP contribution < -0.4 is 0 Å². The second-order valence-electron chi connectivity index (χ2n) is 11.6. The quantitative estimate of drug-likeness (QED) is 0.0471. The van der Waals surface area contributed by atoms with E-state index in [0.29, 0.717) is 12.8 Å². The molecule has 0 amide bonds. The lowest BCUT2D eigenvalue weighted by molar-refractivity contribution is -0.161. The molecule has 0 aliphatic rings. The molecule has 0 spiro atoms. The average Bonchev–Trinajstić information content (AvgIpc) is 3.04. The van der Waals surface area contributed by atoms with Crippen LogP contribution >= 0.6 is 0 Å². The Morgan fingerprint density at radius 3 is 1.40 bits per heavy atom. The lowest BCUT2D eigenvalue weighted by Crippen LogP contribution is -2.28. The number of ether oxygens (including phenoxy) is 2. The van der Waals surface area contributed by atoms with Gasteiger partial charge in [0.15, 0.2) is 6.10 Å². The number of aliphatic hydroxyl groups is 1. The van der Waals surface area contributed by atoms with Crippen molar-refractivity contribution in [2.45, 2.75) is 155 Å². The van der Waals surface area contributed by atoms with E-state index in [0.717, 1.165) is 57.8 Å². The van der Waals surface area contributed by atoms with Crippen molar-refractivity contribution in [2.75, 3.05) is 13.2 Å². The Bertz CT molecular complexity index is 849. The van der Waals surface area contributed by atoms with Gasteiger partial charge in [-0.1, -0.05) is 157 Å². The molecule has 0 aromatic heterocycles. The minimum absolute atomic E-state index is 0.0980. The first kappa shape index (κ1) is 42.3. The molecule has 0 aromatic rings. The van der Waals surface area contributed by atoms with Crippen molar-refractivity contribution < 1.29 is 24.2 Å². The Morgan fingerprint density at radius 1 is 0.533 bits per heavy atom. The van der Waals surface area contributed by atoms with E-state index in [1.165, 1.54) is 57.8 Å². The van der Waals surface area contributed by atoms with E-state index in [4.69, 9.17) is 9.47 Å². The molecule has 0 aliphatic carbocycles. The van der Waals surface area contributed by atoms with Gasteiger partial charge in [0.25, 0.3) is 0 Å². The van der Waals surface area contributed by atoms with Crippen LogP contribution in [0.4, 0.5) is 0 Å². The summed E-state index contributed by atoms with van der Waals surface area (Å²) in [4.78, 5) is 24.1. The first-order chi connectivity index (χ1) is 22.1. The number of unbranched alkanes of at least 4 members (excludes halogenated alkanes) is 11. The second-order valence-corrected chi connectivity index (χ2v) is 11.6. The lowest BCUT2D eigenvalue weighted by Gasteiger charge is -2.15. The molecule has 1 atom stereocenters. The normalized spacial score (nSPS) is 13.0. The van der Waals surface area contributed by atoms with Crippen molar-refractivity contribution >= 4 is 11.9 Å². The smallest absolute Gasteiger partial charge is 0.306 e. The maximum Gasteiger partial charge on any atom is 0.306 e. The monoisotopic (exact) mass is 626 g/mol. The third-order valence-corrected chi connectivity index (χ3v) is 7.28. The Kier molecular flexibility index (Phi) is 33.7. The average molecular weight is 627 g/mol. The molecule has 5 nitrogen and oxygen atoms in total. The van der Waals surface area contributed by atoms with E-state index in [1.807, 2.05) is 12.2 Å². The highest BCUT2D eigenvalue weighted by Crippen LogP contribution is 2.13. The third kappa shape index (κ3) is 34.1. The van der Waals surface area contributed by atoms with Gasteiger partial charge in [-0.2, -0.15) is 0 Å². The molecule has 0 saturated carbocycles. The number of aliphatic hydroxyl groups excluding tert-OH is 1. The highest BCUT2D eigenvalue weighted by molar-refractivity contribution is 5.70. The zero-order valence-electron chi connectivity index (χ0n) is 28.8. The third-order valence-electron chi connectivity index (χ3n) is 7.28. The lowest BCUT2D eigenvalue weighted by atomic mass is 10.0. The SMILES string of the molecule is CC/C=C\C/C=C\C/C=C\C/C=C\C/C=C\C/C=C\CCC(=O)O[C@@H](CO)COC(=O)CCCCCCCCCCCCCC. The van der Waals surface area contributed by atoms with Crippen LogP contribution in [0.3, 0.4) is 0 Å². The molecule has 5 heteroatoms. The number of hydrogen-bond acceptors (Lipinski definition) is 5. The summed E-state index contributed by atoms with van der Waals surface area (Å²) in [5.74, 6) is -0.694. The van der Waals surface area contributed by atoms with Gasteiger partial charge in [0.1, 0.15) is 6.61 Å². The van der Waals surface area contributed by atoms with Gasteiger partial charge >= 0.3 is 11.9 Å². The summed E-state index contributed by atoms with van der Waals surface area (Å²) in [5.41, 5.74) is 0. The second kappa shape index (κ2) is 35.8. The van der Waals surface area contributed by atoms with E-state index in [1.54, 1.807) is 0 Å². The minimum atomic E-state index is -0.811. The molecule has 0 bridgehead atoms. The van der Waals surface area contributed by atoms with E-state index in [-0.39, 0.29) is 25.6 Å². The van der Waals surface area contributed by atoms with E-state index in [9.17, 15) is 14.7 Å². The number of allylic oxidation sites excluding steroid dienone is 12. The van der Waals surface area contributed by atoms with Crippen LogP contribution in [0.5, 0.6) is 0 Å². The van der Waals surface area contributed by atoms with Gasteiger partial charge in [0.2, 0.25) is 0 Å². The number of carbonyl (C=O) groups is 2. The van der Waals surface area contributed by atoms with E-state index < -0.39 is 12.1 Å². The van der Waals surface area contributed by atoms with Crippen LogP contribution in [0.2, 0.25) is 0 Å². The minimum Gasteiger partial charge on any atom is -0.462 e. The van der Waals surface area contributed by atoms with Gasteiger partial charge in [-0.15, -0.1) is 0 Å². The molecule has 0 radical (unpaired) electrons. The summed E-state index contributed by atoms with van der Waals surface area (Å²) in [6, 6.07) is 0. The van der Waals surface area contributed by atoms with Crippen molar-refractivity contribution in [2.24, 2.45) is 0 Å². The van der Waals surface area contributed by atoms with Crippen LogP contribution in [0, 0.1) is 0 Å². The van der Waals surface area contributed by atoms with Gasteiger partial charge in [0.05, 0.1) is 6.61 Å². The van der Waals surface area contributed by atoms with Crippen molar-refractivity contribution in [3.8, 4) is 0 Å². The number of esters is 2. The summed E-state index contributed by atoms with van der Waals surface area (Å²) in [5, 5.41) is 9.51. The Labute approximate surface area is 276 Å². The summed E-state index contributed by atoms with van der Waals surface area (Å²) >= 11 is 0. The summed E-state index contributed by atoms with van der Waals surface area (Å²) in [6.07, 6.45) is 46.8. The van der Waals surface area contributed by atoms with E-state index >= 15 is 0 Å². The van der Waals surface area contributed by atoms with Crippen LogP contribution in [0.25, 0.3) is 0 Å². The molecule has 0 heterocycles. The van der Waals surface area contributed by atoms with Gasteiger partial charge in [-0.05, 0) is 51.4 Å². The molecular weight excluding hydrogens is 560 g/mol. The van der Waals surface area contributed by atoms with Crippen LogP contribution in [0.15, 0.2) is 72.9 Å². The standard InChI is InChI=1S/C40H66O5/c1-3-5-7-9-11-13-15-17-18-19-20-21-22-23-25-27-29-31-33-35-40(43)45-38(36-41)37-44-39(42)34-32-30-28-26-24-16-14-12-10-8-6-4-2/h5,7,11,13,17-18,20-21,23,25,29,31,38,41H,3-4,6,8-10,12,14-16,19,22,24,26-28,30,32-37H2,1-2H3/b7-5-,13-11-,18-17-,21-20-,25-23-,31-29-/t38-/m0/s1. The molecule has 0 unspecified atom stereocenters. The largest absolute Gasteiger partial charge is 0.462 e.